The van der Waals surface area contributed by atoms with Gasteiger partial charge in [0.1, 0.15) is 12.6 Å². The first-order chi connectivity index (χ1) is 21.5. The third kappa shape index (κ3) is 11.2. The highest BCUT2D eigenvalue weighted by atomic mass is 35.5. The quantitative estimate of drug-likeness (QED) is 0.116. The number of benzene rings is 2. The van der Waals surface area contributed by atoms with Crippen LogP contribution in [0.1, 0.15) is 50.3 Å². The molecule has 46 heavy (non-hydrogen) atoms. The number of hydrogen-bond acceptors (Lipinski definition) is 4. The lowest BCUT2D eigenvalue weighted by Gasteiger charge is -2.28. The van der Waals surface area contributed by atoms with Gasteiger partial charge in [0.15, 0.2) is 0 Å². The average molecular weight is 668 g/mol. The van der Waals surface area contributed by atoms with Gasteiger partial charge in [-0.05, 0) is 41.7 Å². The van der Waals surface area contributed by atoms with Crippen LogP contribution < -0.4 is 16.0 Å². The Morgan fingerprint density at radius 2 is 1.54 bits per heavy atom. The molecule has 3 N–H and O–H groups in total. The van der Waals surface area contributed by atoms with E-state index in [-0.39, 0.29) is 12.0 Å². The largest absolute Gasteiger partial charge is 0.405 e. The van der Waals surface area contributed by atoms with Crippen LogP contribution in [-0.2, 0) is 19.2 Å². The Hall–Kier alpha value is -4.32. The summed E-state index contributed by atoms with van der Waals surface area (Å²) in [5.74, 6) is -12.8. The fourth-order valence-corrected chi connectivity index (χ4v) is 4.51. The Balaban J connectivity index is 2.36. The standard InChI is InChI=1S/C33H35ClF5N3O4/c1-5-6-8-12-21(4)25(23-15-11-16-24(34)17-23)18-26(43)41-28(22-13-9-7-10-14-22)30(45)42-27(20(2)3)29(44)33(38,39)31(46)40-19-32(35,36)37/h5-17,20,25,27-28H,4,18-19H2,1-3H3,(H,40,46)(H,41,43)(H,42,45)/b6-5-,12-8-/t25-,27+,28+/m1/s1. The van der Waals surface area contributed by atoms with Crippen LogP contribution in [0.2, 0.25) is 5.02 Å². The smallest absolute Gasteiger partial charge is 0.344 e. The molecular weight excluding hydrogens is 633 g/mol. The molecule has 0 radical (unpaired) electrons. The maximum Gasteiger partial charge on any atom is 0.405 e. The van der Waals surface area contributed by atoms with Crippen LogP contribution in [0, 0.1) is 5.92 Å². The van der Waals surface area contributed by atoms with Gasteiger partial charge in [-0.15, -0.1) is 0 Å². The number of nitrogens with one attached hydrogen (secondary N) is 3. The van der Waals surface area contributed by atoms with E-state index in [9.17, 15) is 41.1 Å². The molecule has 0 aliphatic rings. The van der Waals surface area contributed by atoms with Gasteiger partial charge in [-0.3, -0.25) is 19.2 Å². The summed E-state index contributed by atoms with van der Waals surface area (Å²) < 4.78 is 66.9. The second-order valence-electron chi connectivity index (χ2n) is 10.6. The first-order valence-electron chi connectivity index (χ1n) is 14.1. The van der Waals surface area contributed by atoms with Crippen LogP contribution in [0.5, 0.6) is 0 Å². The van der Waals surface area contributed by atoms with Gasteiger partial charge in [0.25, 0.3) is 5.91 Å². The molecule has 0 bridgehead atoms. The predicted molar refractivity (Wildman–Crippen MR) is 165 cm³/mol. The zero-order chi connectivity index (χ0) is 34.7. The van der Waals surface area contributed by atoms with Crippen LogP contribution in [0.15, 0.2) is 91.1 Å². The molecule has 0 fully saturated rings. The van der Waals surface area contributed by atoms with Crippen molar-refractivity contribution in [1.29, 1.82) is 0 Å². The Bertz CT molecular complexity index is 1460. The molecule has 0 saturated heterocycles. The van der Waals surface area contributed by atoms with Crippen molar-refractivity contribution in [3.63, 3.8) is 0 Å². The minimum absolute atomic E-state index is 0.208. The van der Waals surface area contributed by atoms with Crippen LogP contribution >= 0.6 is 11.6 Å². The zero-order valence-electron chi connectivity index (χ0n) is 25.3. The van der Waals surface area contributed by atoms with Crippen molar-refractivity contribution < 1.29 is 41.1 Å². The summed E-state index contributed by atoms with van der Waals surface area (Å²) in [7, 11) is 0. The Kier molecular flexibility index (Phi) is 13.9. The zero-order valence-corrected chi connectivity index (χ0v) is 26.1. The lowest BCUT2D eigenvalue weighted by Crippen LogP contribution is -2.58. The topological polar surface area (TPSA) is 104 Å². The van der Waals surface area contributed by atoms with Gasteiger partial charge in [0, 0.05) is 17.4 Å². The fraction of sp³-hybridized carbons (Fsp3) is 0.333. The van der Waals surface area contributed by atoms with E-state index in [4.69, 9.17) is 11.6 Å². The molecule has 2 aromatic carbocycles. The lowest BCUT2D eigenvalue weighted by atomic mass is 9.88. The number of Topliss-reactive ketones (excluding diaryl/α,β-unsaturated/α-hetero) is 1. The number of hydrogen-bond donors (Lipinski definition) is 3. The highest BCUT2D eigenvalue weighted by Gasteiger charge is 2.52. The van der Waals surface area contributed by atoms with Crippen molar-refractivity contribution in [3.05, 3.63) is 107 Å². The van der Waals surface area contributed by atoms with E-state index in [1.807, 2.05) is 6.92 Å². The molecule has 0 spiro atoms. The number of ketones is 1. The number of alkyl halides is 5. The van der Waals surface area contributed by atoms with E-state index in [2.05, 4.69) is 17.2 Å². The predicted octanol–water partition coefficient (Wildman–Crippen LogP) is 6.38. The normalized spacial score (nSPS) is 14.1. The first kappa shape index (κ1) is 37.9. The third-order valence-corrected chi connectivity index (χ3v) is 6.93. The van der Waals surface area contributed by atoms with E-state index in [1.54, 1.807) is 66.8 Å². The van der Waals surface area contributed by atoms with E-state index in [0.29, 0.717) is 16.2 Å². The van der Waals surface area contributed by atoms with E-state index < -0.39 is 66.1 Å². The van der Waals surface area contributed by atoms with Crippen molar-refractivity contribution in [2.75, 3.05) is 6.54 Å². The molecule has 7 nitrogen and oxygen atoms in total. The van der Waals surface area contributed by atoms with Crippen molar-refractivity contribution >= 4 is 35.1 Å². The third-order valence-electron chi connectivity index (χ3n) is 6.69. The van der Waals surface area contributed by atoms with Crippen molar-refractivity contribution in [2.45, 2.75) is 57.3 Å². The van der Waals surface area contributed by atoms with Crippen LogP contribution in [0.3, 0.4) is 0 Å². The fourth-order valence-electron chi connectivity index (χ4n) is 4.31. The van der Waals surface area contributed by atoms with Gasteiger partial charge < -0.3 is 16.0 Å². The molecule has 2 aromatic rings. The molecule has 0 aromatic heterocycles. The second-order valence-corrected chi connectivity index (χ2v) is 11.1. The Morgan fingerprint density at radius 3 is 2.11 bits per heavy atom. The van der Waals surface area contributed by atoms with Gasteiger partial charge in [-0.1, -0.05) is 98.8 Å². The summed E-state index contributed by atoms with van der Waals surface area (Å²) >= 11 is 6.18. The number of carbonyl (C=O) groups is 4. The van der Waals surface area contributed by atoms with Crippen molar-refractivity contribution in [1.82, 2.24) is 16.0 Å². The second kappa shape index (κ2) is 16.8. The van der Waals surface area contributed by atoms with Crippen LogP contribution in [0.25, 0.3) is 0 Å². The summed E-state index contributed by atoms with van der Waals surface area (Å²) in [6, 6.07) is 11.0. The average Bonchev–Trinajstić information content (AvgIpc) is 2.99. The molecule has 0 unspecified atom stereocenters. The first-order valence-corrected chi connectivity index (χ1v) is 14.5. The minimum atomic E-state index is -5.00. The van der Waals surface area contributed by atoms with Gasteiger partial charge >= 0.3 is 12.1 Å². The van der Waals surface area contributed by atoms with Crippen molar-refractivity contribution in [3.8, 4) is 0 Å². The molecule has 0 saturated carbocycles. The van der Waals surface area contributed by atoms with Crippen molar-refractivity contribution in [2.24, 2.45) is 5.92 Å². The molecule has 2 rings (SSSR count). The van der Waals surface area contributed by atoms with Gasteiger partial charge in [-0.25, -0.2) is 0 Å². The molecule has 0 heterocycles. The number of rotatable bonds is 15. The molecule has 0 aliphatic carbocycles. The van der Waals surface area contributed by atoms with E-state index in [0.717, 1.165) is 5.32 Å². The van der Waals surface area contributed by atoms with Crippen LogP contribution in [0.4, 0.5) is 22.0 Å². The summed E-state index contributed by atoms with van der Waals surface area (Å²) in [6.45, 7) is 6.41. The SMILES string of the molecule is C=C(/C=C\C=C/C)[C@@H](CC(=O)N[C@H](C(=O)N[C@H](C(=O)C(F)(F)C(=O)NCC(F)(F)F)C(C)C)c1ccccc1)c1cccc(Cl)c1. The van der Waals surface area contributed by atoms with E-state index in [1.165, 1.54) is 26.0 Å². The molecule has 13 heteroatoms. The number of carbonyl (C=O) groups excluding carboxylic acids is 4. The summed E-state index contributed by atoms with van der Waals surface area (Å²) in [5.41, 5.74) is 1.45. The summed E-state index contributed by atoms with van der Waals surface area (Å²) in [6.07, 6.45) is 1.81. The number of halogens is 6. The molecule has 0 aliphatic heterocycles. The van der Waals surface area contributed by atoms with E-state index >= 15 is 0 Å². The maximum atomic E-state index is 14.7. The minimum Gasteiger partial charge on any atom is -0.344 e. The highest BCUT2D eigenvalue weighted by molar-refractivity contribution is 6.30. The Labute approximate surface area is 269 Å². The van der Waals surface area contributed by atoms with Gasteiger partial charge in [-0.2, -0.15) is 22.0 Å². The molecule has 3 amide bonds. The number of amides is 3. The molecule has 3 atom stereocenters. The Morgan fingerprint density at radius 1 is 0.913 bits per heavy atom. The molecular formula is C33H35ClF5N3O4. The van der Waals surface area contributed by atoms with Crippen LogP contribution in [-0.4, -0.2) is 48.2 Å². The monoisotopic (exact) mass is 667 g/mol. The maximum absolute atomic E-state index is 14.7. The lowest BCUT2D eigenvalue weighted by molar-refractivity contribution is -0.165. The van der Waals surface area contributed by atoms with Gasteiger partial charge in [0.05, 0.1) is 6.04 Å². The summed E-state index contributed by atoms with van der Waals surface area (Å²) in [4.78, 5) is 51.6. The molecule has 248 valence electrons. The highest BCUT2D eigenvalue weighted by Crippen LogP contribution is 2.30. The number of allylic oxidation sites excluding steroid dienone is 5. The van der Waals surface area contributed by atoms with Gasteiger partial charge in [0.2, 0.25) is 17.6 Å². The summed E-state index contributed by atoms with van der Waals surface area (Å²) in [5, 5.41) is 6.17.